The first-order chi connectivity index (χ1) is 63.7. The zero-order valence-corrected chi connectivity index (χ0v) is 81.2. The molecule has 0 aliphatic carbocycles. The molecule has 2 aromatic rings. The van der Waals surface area contributed by atoms with Gasteiger partial charge in [0.1, 0.15) is 85.6 Å². The van der Waals surface area contributed by atoms with Crippen LogP contribution in [0.4, 0.5) is 4.79 Å². The summed E-state index contributed by atoms with van der Waals surface area (Å²) in [7, 11) is 0. The Morgan fingerprint density at radius 2 is 0.622 bits per heavy atom. The molecule has 21 fully saturated rings. The van der Waals surface area contributed by atoms with Crippen LogP contribution in [0.15, 0.2) is 12.4 Å². The van der Waals surface area contributed by atoms with Crippen molar-refractivity contribution in [2.45, 2.75) is 396 Å². The third-order valence-electron chi connectivity index (χ3n) is 25.1. The van der Waals surface area contributed by atoms with E-state index in [1.165, 1.54) is 37.8 Å². The minimum absolute atomic E-state index is 0.00367. The second-order valence-corrected chi connectivity index (χ2v) is 36.8. The van der Waals surface area contributed by atoms with Crippen LogP contribution in [0.1, 0.15) is 226 Å². The molecule has 2 aromatic heterocycles. The summed E-state index contributed by atoms with van der Waals surface area (Å²) in [6.07, 6.45) is -39.0. The molecule has 23 rings (SSSR count). The number of aromatic nitrogens is 6. The van der Waals surface area contributed by atoms with E-state index in [-0.39, 0.29) is 55.9 Å². The van der Waals surface area contributed by atoms with Crippen molar-refractivity contribution in [3.05, 3.63) is 23.8 Å². The molecule has 14 bridgehead atoms. The Hall–Kier alpha value is -8.97. The molecule has 0 saturated carbocycles. The maximum atomic E-state index is 14.2. The number of carbonyl (C=O) groups is 13. The van der Waals surface area contributed by atoms with Crippen LogP contribution in [0.5, 0.6) is 0 Å². The molecule has 21 aliphatic rings. The molecule has 21 saturated heterocycles. The normalized spacial score (nSPS) is 36.1. The summed E-state index contributed by atoms with van der Waals surface area (Å²) < 4.78 is 167. The van der Waals surface area contributed by atoms with E-state index in [0.717, 1.165) is 66.5 Å². The Morgan fingerprint density at radius 1 is 0.333 bits per heavy atom. The van der Waals surface area contributed by atoms with Gasteiger partial charge in [0.2, 0.25) is 0 Å². The molecule has 0 spiro atoms. The third kappa shape index (κ3) is 28.2. The molecule has 45 nitrogen and oxygen atoms in total. The SMILES string of the molecule is CCCCN(CCCC(=O)c1cn(CC2O[C@H]3O[C@H]4C(COC(C)=O)O[C@@H](O[C@H]5C(CC)O[C@@H](O[C@H]6C(Cn7cc(C(C)=O)nn7)O[C@@H](O[C@H]7C(CC)O[C@@H](O[C@H]8C(COC(C)=O)O[C@@H](O[C@H]9C(COC(C)=O)O[C@@H](O[C@@H]2[C@H](C)C3C)C(C)[C@H]9C)C(OC(C)=O)[C@H]8C)C(OC(C)=O)[C@H]7OC(C)=O)C(OC(C)=O)[C@H]6OC(C)=O)C(OC(C)=O)[C@H]5OC(C)=O)C(C)[C@H]4C)nn1)C(=O)OC(C)(C)C. The van der Waals surface area contributed by atoms with Crippen molar-refractivity contribution < 1.29 is 181 Å². The smallest absolute Gasteiger partial charge is 0.410 e. The lowest BCUT2D eigenvalue weighted by Crippen LogP contribution is -2.69. The molecule has 21 aliphatic heterocycles. The molecule has 0 N–H and O–H groups in total. The quantitative estimate of drug-likeness (QED) is 0.0532. The molecule has 758 valence electrons. The largest absolute Gasteiger partial charge is 0.463 e. The number of ether oxygens (including phenoxy) is 25. The van der Waals surface area contributed by atoms with Gasteiger partial charge in [-0.25, -0.2) is 14.2 Å². The fourth-order valence-electron chi connectivity index (χ4n) is 18.0. The predicted octanol–water partition coefficient (Wildman–Crippen LogP) is 6.04. The summed E-state index contributed by atoms with van der Waals surface area (Å²) in [6, 6.07) is 0. The molecular formula is C90H135N7O38. The Balaban J connectivity index is 1.13. The number of esters is 10. The Kier molecular flexibility index (Phi) is 38.5. The number of nitrogens with zero attached hydrogens (tertiary/aromatic N) is 7. The van der Waals surface area contributed by atoms with Gasteiger partial charge in [0.25, 0.3) is 0 Å². The van der Waals surface area contributed by atoms with Gasteiger partial charge in [-0.15, -0.1) is 10.2 Å². The van der Waals surface area contributed by atoms with Crippen molar-refractivity contribution >= 4 is 77.4 Å². The summed E-state index contributed by atoms with van der Waals surface area (Å²) in [5.41, 5.74) is -0.897. The molecule has 1 amide bonds. The number of ketones is 2. The highest BCUT2D eigenvalue weighted by Gasteiger charge is 2.63. The maximum Gasteiger partial charge on any atom is 0.410 e. The third-order valence-corrected chi connectivity index (χ3v) is 25.1. The Morgan fingerprint density at radius 3 is 0.985 bits per heavy atom. The van der Waals surface area contributed by atoms with Gasteiger partial charge in [0, 0.05) is 119 Å². The molecular weight excluding hydrogens is 1790 g/mol. The van der Waals surface area contributed by atoms with E-state index < -0.39 is 317 Å². The first-order valence-corrected chi connectivity index (χ1v) is 46.3. The number of rotatable bonds is 28. The van der Waals surface area contributed by atoms with Gasteiger partial charge in [-0.1, -0.05) is 86.1 Å². The van der Waals surface area contributed by atoms with Crippen molar-refractivity contribution in [1.29, 1.82) is 0 Å². The van der Waals surface area contributed by atoms with Gasteiger partial charge in [-0.3, -0.25) is 57.5 Å². The summed E-state index contributed by atoms with van der Waals surface area (Å²) in [4.78, 5) is 178. The molecule has 0 radical (unpaired) electrons. The zero-order chi connectivity index (χ0) is 99.2. The molecule has 35 atom stereocenters. The van der Waals surface area contributed by atoms with Crippen molar-refractivity contribution in [2.24, 2.45) is 41.4 Å². The number of hydrogen-bond acceptors (Lipinski definition) is 42. The monoisotopic (exact) mass is 1920 g/mol. The lowest BCUT2D eigenvalue weighted by Gasteiger charge is -2.52. The number of hydrogen-bond donors (Lipinski definition) is 0. The Labute approximate surface area is 783 Å². The lowest BCUT2D eigenvalue weighted by molar-refractivity contribution is -0.391. The topological polar surface area (TPSA) is 517 Å². The molecule has 23 heterocycles. The average molecular weight is 1920 g/mol. The second-order valence-electron chi connectivity index (χ2n) is 36.8. The fraction of sp³-hybridized carbons (Fsp3) is 0.811. The van der Waals surface area contributed by atoms with Gasteiger partial charge >= 0.3 is 65.8 Å². The van der Waals surface area contributed by atoms with Gasteiger partial charge in [-0.2, -0.15) is 0 Å². The van der Waals surface area contributed by atoms with Gasteiger partial charge in [0.05, 0.1) is 62.1 Å². The highest BCUT2D eigenvalue weighted by Crippen LogP contribution is 2.47. The van der Waals surface area contributed by atoms with E-state index >= 15 is 0 Å². The first-order valence-electron chi connectivity index (χ1n) is 46.3. The molecule has 45 heteroatoms. The van der Waals surface area contributed by atoms with E-state index in [9.17, 15) is 62.3 Å². The van der Waals surface area contributed by atoms with Crippen molar-refractivity contribution in [2.75, 3.05) is 32.9 Å². The van der Waals surface area contributed by atoms with E-state index in [1.54, 1.807) is 53.4 Å². The zero-order valence-electron chi connectivity index (χ0n) is 81.2. The Bertz CT molecular complexity index is 4390. The van der Waals surface area contributed by atoms with Crippen molar-refractivity contribution in [1.82, 2.24) is 34.9 Å². The number of amides is 1. The lowest BCUT2D eigenvalue weighted by atomic mass is 9.81. The highest BCUT2D eigenvalue weighted by atomic mass is 16.8. The molecule has 0 aromatic carbocycles. The van der Waals surface area contributed by atoms with Gasteiger partial charge in [0.15, 0.2) is 98.3 Å². The highest BCUT2D eigenvalue weighted by molar-refractivity contribution is 5.94. The summed E-state index contributed by atoms with van der Waals surface area (Å²) in [5, 5.41) is 17.0. The maximum absolute atomic E-state index is 14.2. The van der Waals surface area contributed by atoms with Crippen LogP contribution >= 0.6 is 0 Å². The second kappa shape index (κ2) is 48.1. The van der Waals surface area contributed by atoms with Crippen LogP contribution in [-0.4, -0.2) is 323 Å². The summed E-state index contributed by atoms with van der Waals surface area (Å²) in [5.74, 6) is -15.1. The van der Waals surface area contributed by atoms with E-state index in [4.69, 9.17) is 118 Å². The number of Topliss-reactive ketones (excluding diaryl/α,β-unsaturated/α-hetero) is 2. The van der Waals surface area contributed by atoms with Crippen molar-refractivity contribution in [3.63, 3.8) is 0 Å². The summed E-state index contributed by atoms with van der Waals surface area (Å²) >= 11 is 0. The van der Waals surface area contributed by atoms with E-state index in [0.29, 0.717) is 13.0 Å². The van der Waals surface area contributed by atoms with E-state index in [1.807, 2.05) is 41.5 Å². The van der Waals surface area contributed by atoms with Crippen LogP contribution in [0.2, 0.25) is 0 Å². The molecule has 135 heavy (non-hydrogen) atoms. The number of carbonyl (C=O) groups excluding carboxylic acids is 13. The average Bonchev–Trinajstić information content (AvgIpc) is 1.28. The van der Waals surface area contributed by atoms with Crippen LogP contribution in [-0.2, 0) is 179 Å². The van der Waals surface area contributed by atoms with Gasteiger partial charge in [-0.05, 0) is 64.2 Å². The van der Waals surface area contributed by atoms with E-state index in [2.05, 4.69) is 20.6 Å². The minimum Gasteiger partial charge on any atom is -0.463 e. The minimum atomic E-state index is -2.03. The first kappa shape index (κ1) is 108. The van der Waals surface area contributed by atoms with Crippen LogP contribution in [0, 0.1) is 41.4 Å². The molecule has 14 unspecified atom stereocenters. The predicted molar refractivity (Wildman–Crippen MR) is 455 cm³/mol. The van der Waals surface area contributed by atoms with Crippen LogP contribution in [0.3, 0.4) is 0 Å². The van der Waals surface area contributed by atoms with Gasteiger partial charge < -0.3 is 123 Å². The van der Waals surface area contributed by atoms with Crippen molar-refractivity contribution in [3.8, 4) is 0 Å². The van der Waals surface area contributed by atoms with Crippen LogP contribution < -0.4 is 0 Å². The number of unbranched alkanes of at least 4 members (excludes halogenated alkanes) is 1. The summed E-state index contributed by atoms with van der Waals surface area (Å²) in [6.45, 7) is 33.8. The standard InChI is InChI=1S/C90H135N7O38/c1-25-28-31-95(89(110)135-90(22,23)24)32-29-30-60(109)59-34-97(94-92-59)35-63-68-40(4)43(7)82(123-63)129-69-41(5)45(9)84(126-65(69)37-111-48(12)99)132-73-61(26-2)122-87(80(119-56(20)107)76(73)115-52(16)103)134-75-64(36-96-33-58(47(11)98)91-93-96)124-88(81(120-57(21)108)78(75)117-54(18)105)133-74-62(27-3)121-86(79(118-55(19)106)77(74)116-53(17)104)131-71-46(10)72(114-51(15)102)85(127-67(71)39-113-50(14)101)130-70-42(6)44(8)83(128-68)125-66(70)38-112-49(13)100/h33-34,40-46,61-88H,25-32,35-39H2,1-24H3/t40-,41-,42-,43?,44?,45?,46+,61?,62?,63?,64?,65?,66?,67?,68-,69-,70-,71-,72?,73+,74+,75+,76+,77+,78+,79?,80?,81?,82+,83+,84+,85+,86+,87+,88+/m1/s1. The van der Waals surface area contributed by atoms with Crippen LogP contribution in [0.25, 0.3) is 0 Å². The fourth-order valence-corrected chi connectivity index (χ4v) is 18.0.